The summed E-state index contributed by atoms with van der Waals surface area (Å²) in [6, 6.07) is 16.0. The first kappa shape index (κ1) is 18.8. The van der Waals surface area contributed by atoms with Crippen LogP contribution < -0.4 is 10.2 Å². The predicted molar refractivity (Wildman–Crippen MR) is 114 cm³/mol. The van der Waals surface area contributed by atoms with Gasteiger partial charge in [-0.15, -0.1) is 0 Å². The molecule has 0 spiro atoms. The molecule has 5 heteroatoms. The van der Waals surface area contributed by atoms with E-state index in [0.717, 1.165) is 47.4 Å². The molecule has 1 aliphatic heterocycles. The molecule has 144 valence electrons. The van der Waals surface area contributed by atoms with E-state index in [1.807, 2.05) is 61.5 Å². The van der Waals surface area contributed by atoms with Crippen LogP contribution in [0, 0.1) is 6.92 Å². The Morgan fingerprint density at radius 3 is 2.64 bits per heavy atom. The number of aryl methyl sites for hydroxylation is 1. The lowest BCUT2D eigenvalue weighted by molar-refractivity contribution is -0.122. The maximum absolute atomic E-state index is 13.2. The van der Waals surface area contributed by atoms with Gasteiger partial charge in [0.25, 0.3) is 5.91 Å². The van der Waals surface area contributed by atoms with Crippen molar-refractivity contribution in [2.45, 2.75) is 43.5 Å². The van der Waals surface area contributed by atoms with Gasteiger partial charge in [-0.2, -0.15) is 0 Å². The van der Waals surface area contributed by atoms with Gasteiger partial charge in [0, 0.05) is 10.9 Å². The van der Waals surface area contributed by atoms with Crippen molar-refractivity contribution in [1.29, 1.82) is 0 Å². The van der Waals surface area contributed by atoms with Crippen LogP contribution in [0.4, 0.5) is 5.69 Å². The summed E-state index contributed by atoms with van der Waals surface area (Å²) in [5, 5.41) is 3.09. The molecule has 2 aromatic rings. The van der Waals surface area contributed by atoms with Crippen LogP contribution in [0.1, 0.15) is 36.8 Å². The Hall–Kier alpha value is -2.53. The lowest BCUT2D eigenvalue weighted by Crippen LogP contribution is -2.45. The smallest absolute Gasteiger partial charge is 0.265 e. The quantitative estimate of drug-likeness (QED) is 0.778. The van der Waals surface area contributed by atoms with Crippen LogP contribution in [-0.4, -0.2) is 24.4 Å². The maximum atomic E-state index is 13.2. The van der Waals surface area contributed by atoms with Crippen molar-refractivity contribution >= 4 is 35.3 Å². The van der Waals surface area contributed by atoms with Crippen molar-refractivity contribution in [2.24, 2.45) is 0 Å². The van der Waals surface area contributed by atoms with E-state index < -0.39 is 0 Å². The SMILES string of the molecule is Cc1ccccc1/C=C1\Sc2ccccc2N(CC(=O)NC2CCCC2)C1=O. The van der Waals surface area contributed by atoms with Crippen LogP contribution in [0.25, 0.3) is 6.08 Å². The molecule has 0 unspecified atom stereocenters. The molecule has 0 atom stereocenters. The van der Waals surface area contributed by atoms with Gasteiger partial charge in [-0.05, 0) is 49.1 Å². The highest BCUT2D eigenvalue weighted by Gasteiger charge is 2.31. The van der Waals surface area contributed by atoms with Crippen LogP contribution in [0.5, 0.6) is 0 Å². The maximum Gasteiger partial charge on any atom is 0.265 e. The lowest BCUT2D eigenvalue weighted by Gasteiger charge is -2.30. The Labute approximate surface area is 170 Å². The van der Waals surface area contributed by atoms with E-state index in [1.165, 1.54) is 11.8 Å². The Morgan fingerprint density at radius 1 is 1.14 bits per heavy atom. The molecule has 0 saturated heterocycles. The molecule has 4 nitrogen and oxygen atoms in total. The van der Waals surface area contributed by atoms with Crippen LogP contribution in [0.3, 0.4) is 0 Å². The molecule has 0 radical (unpaired) electrons. The Morgan fingerprint density at radius 2 is 1.86 bits per heavy atom. The first-order valence-corrected chi connectivity index (χ1v) is 10.6. The number of carbonyl (C=O) groups excluding carboxylic acids is 2. The van der Waals surface area contributed by atoms with E-state index in [0.29, 0.717) is 4.91 Å². The molecule has 1 heterocycles. The Bertz CT molecular complexity index is 932. The topological polar surface area (TPSA) is 49.4 Å². The van der Waals surface area contributed by atoms with Gasteiger partial charge in [0.1, 0.15) is 6.54 Å². The summed E-state index contributed by atoms with van der Waals surface area (Å²) >= 11 is 1.47. The van der Waals surface area contributed by atoms with Gasteiger partial charge in [-0.25, -0.2) is 0 Å². The van der Waals surface area contributed by atoms with E-state index in [4.69, 9.17) is 0 Å². The molecule has 2 aliphatic rings. The van der Waals surface area contributed by atoms with E-state index in [1.54, 1.807) is 4.90 Å². The van der Waals surface area contributed by atoms with Gasteiger partial charge >= 0.3 is 0 Å². The van der Waals surface area contributed by atoms with Crippen molar-refractivity contribution in [2.75, 3.05) is 11.4 Å². The minimum atomic E-state index is -0.117. The summed E-state index contributed by atoms with van der Waals surface area (Å²) in [6.45, 7) is 2.09. The summed E-state index contributed by atoms with van der Waals surface area (Å²) < 4.78 is 0. The third-order valence-corrected chi connectivity index (χ3v) is 6.41. The van der Waals surface area contributed by atoms with Crippen LogP contribution in [0.2, 0.25) is 0 Å². The van der Waals surface area contributed by atoms with Crippen molar-refractivity contribution in [3.63, 3.8) is 0 Å². The largest absolute Gasteiger partial charge is 0.352 e. The molecule has 2 aromatic carbocycles. The second-order valence-electron chi connectivity index (χ2n) is 7.38. The number of anilines is 1. The number of nitrogens with one attached hydrogen (secondary N) is 1. The van der Waals surface area contributed by atoms with Crippen molar-refractivity contribution in [1.82, 2.24) is 5.32 Å². The normalized spacial score (nSPS) is 18.4. The Balaban J connectivity index is 1.61. The molecule has 2 amide bonds. The number of hydrogen-bond donors (Lipinski definition) is 1. The van der Waals surface area contributed by atoms with Gasteiger partial charge < -0.3 is 5.32 Å². The van der Waals surface area contributed by atoms with E-state index >= 15 is 0 Å². The summed E-state index contributed by atoms with van der Waals surface area (Å²) in [5.74, 6) is -0.203. The fourth-order valence-corrected chi connectivity index (χ4v) is 4.85. The lowest BCUT2D eigenvalue weighted by atomic mass is 10.1. The highest BCUT2D eigenvalue weighted by atomic mass is 32.2. The number of nitrogens with zero attached hydrogens (tertiary/aromatic N) is 1. The fraction of sp³-hybridized carbons (Fsp3) is 0.304. The standard InChI is InChI=1S/C23H24N2O2S/c1-16-8-2-3-9-17(16)14-21-23(27)25(19-12-6-7-13-20(19)28-21)15-22(26)24-18-10-4-5-11-18/h2-3,6-9,12-14,18H,4-5,10-11,15H2,1H3,(H,24,26)/b21-14-. The highest BCUT2D eigenvalue weighted by molar-refractivity contribution is 8.04. The molecule has 4 rings (SSSR count). The van der Waals surface area contributed by atoms with Crippen molar-refractivity contribution in [3.05, 3.63) is 64.6 Å². The molecular weight excluding hydrogens is 368 g/mol. The van der Waals surface area contributed by atoms with Crippen LogP contribution in [0.15, 0.2) is 58.3 Å². The number of rotatable bonds is 4. The molecule has 0 aromatic heterocycles. The summed E-state index contributed by atoms with van der Waals surface area (Å²) in [7, 11) is 0. The van der Waals surface area contributed by atoms with Gasteiger partial charge in [0.05, 0.1) is 10.6 Å². The third kappa shape index (κ3) is 3.99. The fourth-order valence-electron chi connectivity index (χ4n) is 3.80. The molecule has 0 bridgehead atoms. The number of benzene rings is 2. The predicted octanol–water partition coefficient (Wildman–Crippen LogP) is 4.53. The summed E-state index contributed by atoms with van der Waals surface area (Å²) in [5.41, 5.74) is 2.95. The van der Waals surface area contributed by atoms with Crippen LogP contribution >= 0.6 is 11.8 Å². The van der Waals surface area contributed by atoms with Gasteiger partial charge in [-0.3, -0.25) is 14.5 Å². The van der Waals surface area contributed by atoms with Gasteiger partial charge in [-0.1, -0.05) is 61.0 Å². The number of hydrogen-bond acceptors (Lipinski definition) is 3. The summed E-state index contributed by atoms with van der Waals surface area (Å²) in [4.78, 5) is 29.1. The second kappa shape index (κ2) is 8.23. The second-order valence-corrected chi connectivity index (χ2v) is 8.46. The van der Waals surface area contributed by atoms with Crippen molar-refractivity contribution in [3.8, 4) is 0 Å². The number of carbonyl (C=O) groups is 2. The zero-order chi connectivity index (χ0) is 19.5. The Kier molecular flexibility index (Phi) is 5.53. The summed E-state index contributed by atoms with van der Waals surface area (Å²) in [6.07, 6.45) is 6.32. The zero-order valence-electron chi connectivity index (χ0n) is 16.0. The monoisotopic (exact) mass is 392 g/mol. The molecular formula is C23H24N2O2S. The molecule has 28 heavy (non-hydrogen) atoms. The van der Waals surface area contributed by atoms with Crippen LogP contribution in [-0.2, 0) is 9.59 Å². The van der Waals surface area contributed by atoms with E-state index in [-0.39, 0.29) is 24.4 Å². The van der Waals surface area contributed by atoms with Crippen molar-refractivity contribution < 1.29 is 9.59 Å². The zero-order valence-corrected chi connectivity index (χ0v) is 16.8. The molecule has 1 saturated carbocycles. The molecule has 1 N–H and O–H groups in total. The first-order chi connectivity index (χ1) is 13.6. The average molecular weight is 393 g/mol. The average Bonchev–Trinajstić information content (AvgIpc) is 3.19. The van der Waals surface area contributed by atoms with Gasteiger partial charge in [0.2, 0.25) is 5.91 Å². The number of thioether (sulfide) groups is 1. The third-order valence-electron chi connectivity index (χ3n) is 5.33. The molecule has 1 aliphatic carbocycles. The number of amides is 2. The minimum absolute atomic E-state index is 0.0536. The van der Waals surface area contributed by atoms with Gasteiger partial charge in [0.15, 0.2) is 0 Å². The number of para-hydroxylation sites is 1. The number of fused-ring (bicyclic) bond motifs is 1. The van der Waals surface area contributed by atoms with E-state index in [2.05, 4.69) is 5.32 Å². The first-order valence-electron chi connectivity index (χ1n) is 9.77. The minimum Gasteiger partial charge on any atom is -0.352 e. The van der Waals surface area contributed by atoms with E-state index in [9.17, 15) is 9.59 Å². The molecule has 1 fully saturated rings. The highest BCUT2D eigenvalue weighted by Crippen LogP contribution is 2.42.